The highest BCUT2D eigenvalue weighted by Crippen LogP contribution is 2.61. The van der Waals surface area contributed by atoms with Crippen LogP contribution in [0.15, 0.2) is 0 Å². The van der Waals surface area contributed by atoms with Gasteiger partial charge in [0, 0.05) is 35.5 Å². The van der Waals surface area contributed by atoms with Crippen LogP contribution in [0.3, 0.4) is 0 Å². The van der Waals surface area contributed by atoms with Gasteiger partial charge in [-0.2, -0.15) is 0 Å². The topological polar surface area (TPSA) is 38.3 Å². The lowest BCUT2D eigenvalue weighted by atomic mass is 9.48. The van der Waals surface area contributed by atoms with E-state index in [9.17, 15) is 4.21 Å². The Morgan fingerprint density at radius 1 is 1.19 bits per heavy atom. The first-order valence-electron chi connectivity index (χ1n) is 8.72. The summed E-state index contributed by atoms with van der Waals surface area (Å²) in [4.78, 5) is 0. The number of nitrogens with one attached hydrogen (secondary N) is 1. The van der Waals surface area contributed by atoms with E-state index in [1.807, 2.05) is 0 Å². The molecule has 122 valence electrons. The molecular formula is C17H31NO2S. The van der Waals surface area contributed by atoms with Gasteiger partial charge in [0.15, 0.2) is 0 Å². The monoisotopic (exact) mass is 313 g/mol. The van der Waals surface area contributed by atoms with E-state index in [2.05, 4.69) is 12.2 Å². The lowest BCUT2D eigenvalue weighted by molar-refractivity contribution is -0.0692. The van der Waals surface area contributed by atoms with E-state index in [-0.39, 0.29) is 0 Å². The van der Waals surface area contributed by atoms with Crippen LogP contribution < -0.4 is 5.32 Å². The van der Waals surface area contributed by atoms with Gasteiger partial charge in [0.25, 0.3) is 0 Å². The number of hydrogen-bond donors (Lipinski definition) is 1. The van der Waals surface area contributed by atoms with E-state index >= 15 is 0 Å². The Balaban J connectivity index is 1.69. The number of hydrogen-bond acceptors (Lipinski definition) is 3. The zero-order valence-electron chi connectivity index (χ0n) is 13.6. The standard InChI is InChI=1S/C17H31NO2S/c1-3-18-16(12-21(19)5-4-20-2)17-9-13-6-14(10-17)8-15(7-13)11-17/h13-16,18H,3-12H2,1-2H3. The van der Waals surface area contributed by atoms with E-state index in [0.717, 1.165) is 30.1 Å². The quantitative estimate of drug-likeness (QED) is 0.748. The molecule has 4 heteroatoms. The van der Waals surface area contributed by atoms with Crippen molar-refractivity contribution in [1.29, 1.82) is 0 Å². The van der Waals surface area contributed by atoms with Crippen molar-refractivity contribution < 1.29 is 8.95 Å². The number of methoxy groups -OCH3 is 1. The molecule has 4 fully saturated rings. The Labute approximate surface area is 132 Å². The van der Waals surface area contributed by atoms with Gasteiger partial charge in [-0.1, -0.05) is 6.92 Å². The summed E-state index contributed by atoms with van der Waals surface area (Å²) in [5.41, 5.74) is 0.452. The summed E-state index contributed by atoms with van der Waals surface area (Å²) in [6, 6.07) is 0.452. The maximum absolute atomic E-state index is 12.4. The summed E-state index contributed by atoms with van der Waals surface area (Å²) in [7, 11) is 0.941. The third kappa shape index (κ3) is 3.37. The molecule has 0 aromatic rings. The van der Waals surface area contributed by atoms with Crippen LogP contribution in [0.25, 0.3) is 0 Å². The molecule has 0 aliphatic heterocycles. The van der Waals surface area contributed by atoms with Gasteiger partial charge in [-0.25, -0.2) is 0 Å². The Kier molecular flexibility index (Phi) is 5.07. The smallest absolute Gasteiger partial charge is 0.0577 e. The molecule has 21 heavy (non-hydrogen) atoms. The second-order valence-electron chi connectivity index (χ2n) is 7.69. The lowest BCUT2D eigenvalue weighted by Crippen LogP contribution is -2.57. The van der Waals surface area contributed by atoms with Crippen LogP contribution in [0, 0.1) is 23.2 Å². The Hall–Kier alpha value is 0.0700. The normalized spacial score (nSPS) is 40.4. The van der Waals surface area contributed by atoms with Gasteiger partial charge >= 0.3 is 0 Å². The summed E-state index contributed by atoms with van der Waals surface area (Å²) >= 11 is 0. The van der Waals surface area contributed by atoms with Gasteiger partial charge in [-0.15, -0.1) is 0 Å². The molecular weight excluding hydrogens is 282 g/mol. The van der Waals surface area contributed by atoms with Gasteiger partial charge < -0.3 is 10.1 Å². The van der Waals surface area contributed by atoms with Crippen molar-refractivity contribution in [3.05, 3.63) is 0 Å². The zero-order chi connectivity index (χ0) is 14.9. The molecule has 0 aromatic carbocycles. The molecule has 4 rings (SSSR count). The minimum absolute atomic E-state index is 0.452. The first-order valence-corrected chi connectivity index (χ1v) is 10.2. The third-order valence-corrected chi connectivity index (χ3v) is 7.47. The van der Waals surface area contributed by atoms with Crippen molar-refractivity contribution >= 4 is 10.8 Å². The van der Waals surface area contributed by atoms with Crippen molar-refractivity contribution in [2.24, 2.45) is 23.2 Å². The van der Waals surface area contributed by atoms with Gasteiger partial charge in [0.2, 0.25) is 0 Å². The highest BCUT2D eigenvalue weighted by atomic mass is 32.2. The fourth-order valence-electron chi connectivity index (χ4n) is 5.75. The minimum Gasteiger partial charge on any atom is -0.384 e. The largest absolute Gasteiger partial charge is 0.384 e. The Morgan fingerprint density at radius 3 is 2.24 bits per heavy atom. The fraction of sp³-hybridized carbons (Fsp3) is 1.00. The molecule has 0 saturated heterocycles. The minimum atomic E-state index is -0.752. The molecule has 0 spiro atoms. The molecule has 0 heterocycles. The third-order valence-electron chi connectivity index (χ3n) is 6.14. The molecule has 0 aromatic heterocycles. The molecule has 4 bridgehead atoms. The van der Waals surface area contributed by atoms with Crippen LogP contribution in [0.4, 0.5) is 0 Å². The highest BCUT2D eigenvalue weighted by Gasteiger charge is 2.54. The second-order valence-corrected chi connectivity index (χ2v) is 9.31. The average Bonchev–Trinajstić information content (AvgIpc) is 2.43. The second kappa shape index (κ2) is 6.67. The molecule has 3 nitrogen and oxygen atoms in total. The summed E-state index contributed by atoms with van der Waals surface area (Å²) in [5, 5.41) is 3.71. The first-order chi connectivity index (χ1) is 10.1. The molecule has 4 aliphatic carbocycles. The molecule has 2 atom stereocenters. The highest BCUT2D eigenvalue weighted by molar-refractivity contribution is 7.85. The van der Waals surface area contributed by atoms with Crippen molar-refractivity contribution in [1.82, 2.24) is 5.32 Å². The Bertz CT molecular complexity index is 350. The van der Waals surface area contributed by atoms with Crippen molar-refractivity contribution in [2.75, 3.05) is 31.8 Å². The van der Waals surface area contributed by atoms with Crippen LogP contribution in [-0.2, 0) is 15.5 Å². The lowest BCUT2D eigenvalue weighted by Gasteiger charge is -2.59. The van der Waals surface area contributed by atoms with Crippen LogP contribution in [0.5, 0.6) is 0 Å². The van der Waals surface area contributed by atoms with Crippen molar-refractivity contribution in [3.63, 3.8) is 0 Å². The summed E-state index contributed by atoms with van der Waals surface area (Å²) in [5.74, 6) is 4.40. The average molecular weight is 314 g/mol. The molecule has 4 aliphatic rings. The van der Waals surface area contributed by atoms with Crippen molar-refractivity contribution in [2.45, 2.75) is 51.5 Å². The molecule has 0 radical (unpaired) electrons. The van der Waals surface area contributed by atoms with E-state index in [4.69, 9.17) is 4.74 Å². The molecule has 0 amide bonds. The van der Waals surface area contributed by atoms with Crippen LogP contribution in [-0.4, -0.2) is 42.0 Å². The molecule has 1 N–H and O–H groups in total. The van der Waals surface area contributed by atoms with E-state index in [1.54, 1.807) is 7.11 Å². The zero-order valence-corrected chi connectivity index (χ0v) is 14.4. The maximum Gasteiger partial charge on any atom is 0.0577 e. The summed E-state index contributed by atoms with van der Waals surface area (Å²) in [6.07, 6.45) is 8.59. The van der Waals surface area contributed by atoms with Gasteiger partial charge in [-0.05, 0) is 68.2 Å². The van der Waals surface area contributed by atoms with E-state index in [0.29, 0.717) is 23.8 Å². The SMILES string of the molecule is CCNC(CS(=O)CCOC)C12CC3CC(CC(C3)C1)C2. The fourth-order valence-corrected chi connectivity index (χ4v) is 7.11. The Morgan fingerprint density at radius 2 is 1.76 bits per heavy atom. The van der Waals surface area contributed by atoms with Gasteiger partial charge in [0.1, 0.15) is 0 Å². The predicted molar refractivity (Wildman–Crippen MR) is 87.8 cm³/mol. The van der Waals surface area contributed by atoms with E-state index in [1.165, 1.54) is 38.5 Å². The van der Waals surface area contributed by atoms with Crippen LogP contribution in [0.2, 0.25) is 0 Å². The predicted octanol–water partition coefficient (Wildman–Crippen LogP) is 2.58. The molecule has 4 saturated carbocycles. The van der Waals surface area contributed by atoms with E-state index < -0.39 is 10.8 Å². The number of rotatable bonds is 8. The summed E-state index contributed by atoms with van der Waals surface area (Å²) < 4.78 is 17.5. The maximum atomic E-state index is 12.4. The van der Waals surface area contributed by atoms with Gasteiger partial charge in [0.05, 0.1) is 6.61 Å². The van der Waals surface area contributed by atoms with Gasteiger partial charge in [-0.3, -0.25) is 4.21 Å². The van der Waals surface area contributed by atoms with Crippen LogP contribution in [0.1, 0.15) is 45.4 Å². The van der Waals surface area contributed by atoms with Crippen molar-refractivity contribution in [3.8, 4) is 0 Å². The number of ether oxygens (including phenoxy) is 1. The first kappa shape index (κ1) is 15.9. The van der Waals surface area contributed by atoms with Crippen LogP contribution >= 0.6 is 0 Å². The summed E-state index contributed by atoms with van der Waals surface area (Å²) in [6.45, 7) is 3.80. The molecule has 2 unspecified atom stereocenters.